The molecule has 1 fully saturated rings. The highest BCUT2D eigenvalue weighted by Crippen LogP contribution is 2.32. The van der Waals surface area contributed by atoms with Crippen molar-refractivity contribution in [1.82, 2.24) is 9.88 Å². The van der Waals surface area contributed by atoms with Gasteiger partial charge in [-0.05, 0) is 42.5 Å². The van der Waals surface area contributed by atoms with E-state index in [9.17, 15) is 14.9 Å². The van der Waals surface area contributed by atoms with Crippen LogP contribution in [0.2, 0.25) is 0 Å². The lowest BCUT2D eigenvalue weighted by atomic mass is 10.1. The number of fused-ring (bicyclic) bond motifs is 1. The zero-order valence-corrected chi connectivity index (χ0v) is 20.1. The van der Waals surface area contributed by atoms with E-state index in [0.29, 0.717) is 43.6 Å². The smallest absolute Gasteiger partial charge is 0.269 e. The van der Waals surface area contributed by atoms with E-state index >= 15 is 0 Å². The van der Waals surface area contributed by atoms with Gasteiger partial charge in [0.15, 0.2) is 4.34 Å². The minimum absolute atomic E-state index is 0.0332. The lowest BCUT2D eigenvalue weighted by molar-refractivity contribution is -0.384. The number of furan rings is 1. The van der Waals surface area contributed by atoms with Crippen molar-refractivity contribution in [3.63, 3.8) is 0 Å². The number of hydrogen-bond donors (Lipinski definition) is 0. The Morgan fingerprint density at radius 3 is 2.74 bits per heavy atom. The molecule has 35 heavy (non-hydrogen) atoms. The van der Waals surface area contributed by atoms with Crippen molar-refractivity contribution < 1.29 is 18.9 Å². The monoisotopic (exact) mass is 508 g/mol. The maximum atomic E-state index is 12.4. The van der Waals surface area contributed by atoms with E-state index in [4.69, 9.17) is 9.15 Å². The number of non-ortho nitro benzene ring substituents is 1. The summed E-state index contributed by atoms with van der Waals surface area (Å²) >= 11 is 2.99. The SMILES string of the molecule is O=C(CSc1nc2ccc(N=Cc3ccc(-c4ccc([N+](=O)[O-])cc4)o3)cc2s1)N1CCOCC1. The van der Waals surface area contributed by atoms with E-state index in [-0.39, 0.29) is 11.6 Å². The van der Waals surface area contributed by atoms with E-state index in [0.717, 1.165) is 25.8 Å². The first-order chi connectivity index (χ1) is 17.0. The fourth-order valence-corrected chi connectivity index (χ4v) is 5.53. The van der Waals surface area contributed by atoms with Crippen molar-refractivity contribution in [3.05, 3.63) is 70.5 Å². The van der Waals surface area contributed by atoms with Crippen LogP contribution in [0.25, 0.3) is 21.5 Å². The van der Waals surface area contributed by atoms with Crippen molar-refractivity contribution in [3.8, 4) is 11.3 Å². The second kappa shape index (κ2) is 10.4. The van der Waals surface area contributed by atoms with Crippen LogP contribution in [-0.2, 0) is 9.53 Å². The third-order valence-electron chi connectivity index (χ3n) is 5.37. The predicted octanol–water partition coefficient (Wildman–Crippen LogP) is 5.17. The van der Waals surface area contributed by atoms with Gasteiger partial charge in [-0.3, -0.25) is 19.9 Å². The molecular formula is C24H20N4O5S2. The topological polar surface area (TPSA) is 111 Å². The number of rotatable bonds is 7. The Bertz CT molecular complexity index is 1390. The Morgan fingerprint density at radius 1 is 1.17 bits per heavy atom. The van der Waals surface area contributed by atoms with E-state index < -0.39 is 4.92 Å². The molecule has 0 saturated carbocycles. The molecule has 0 bridgehead atoms. The number of ether oxygens (including phenoxy) is 1. The number of thioether (sulfide) groups is 1. The molecule has 1 aliphatic heterocycles. The number of carbonyl (C=O) groups is 1. The molecule has 11 heteroatoms. The average Bonchev–Trinajstić information content (AvgIpc) is 3.53. The molecule has 9 nitrogen and oxygen atoms in total. The largest absolute Gasteiger partial charge is 0.455 e. The minimum Gasteiger partial charge on any atom is -0.455 e. The first kappa shape index (κ1) is 23.2. The first-order valence-electron chi connectivity index (χ1n) is 10.8. The number of hydrogen-bond acceptors (Lipinski definition) is 9. The number of morpholine rings is 1. The van der Waals surface area contributed by atoms with Crippen LogP contribution in [0.1, 0.15) is 5.76 Å². The molecule has 0 unspecified atom stereocenters. The van der Waals surface area contributed by atoms with Gasteiger partial charge in [-0.1, -0.05) is 11.8 Å². The number of aromatic nitrogens is 1. The van der Waals surface area contributed by atoms with Crippen LogP contribution >= 0.6 is 23.1 Å². The van der Waals surface area contributed by atoms with Crippen LogP contribution in [0.4, 0.5) is 11.4 Å². The van der Waals surface area contributed by atoms with Crippen molar-refractivity contribution in [1.29, 1.82) is 0 Å². The van der Waals surface area contributed by atoms with E-state index in [2.05, 4.69) is 9.98 Å². The van der Waals surface area contributed by atoms with Gasteiger partial charge >= 0.3 is 0 Å². The third-order valence-corrected chi connectivity index (χ3v) is 7.51. The molecule has 1 saturated heterocycles. The van der Waals surface area contributed by atoms with Crippen LogP contribution in [0.5, 0.6) is 0 Å². The molecular weight excluding hydrogens is 488 g/mol. The molecule has 4 aromatic rings. The fraction of sp³-hybridized carbons (Fsp3) is 0.208. The van der Waals surface area contributed by atoms with Gasteiger partial charge in [0.1, 0.15) is 11.5 Å². The lowest BCUT2D eigenvalue weighted by Crippen LogP contribution is -2.41. The Hall–Kier alpha value is -3.54. The molecule has 0 aliphatic carbocycles. The summed E-state index contributed by atoms with van der Waals surface area (Å²) in [4.78, 5) is 33.7. The van der Waals surface area contributed by atoms with Gasteiger partial charge in [-0.2, -0.15) is 0 Å². The number of thiazole rings is 1. The van der Waals surface area contributed by atoms with Crippen LogP contribution in [0, 0.1) is 10.1 Å². The summed E-state index contributed by atoms with van der Waals surface area (Å²) in [6.45, 7) is 2.48. The quantitative estimate of drug-likeness (QED) is 0.147. The van der Waals surface area contributed by atoms with Gasteiger partial charge in [-0.15, -0.1) is 11.3 Å². The van der Waals surface area contributed by atoms with E-state index in [1.165, 1.54) is 35.2 Å². The normalized spacial score (nSPS) is 14.1. The molecule has 2 aromatic heterocycles. The highest BCUT2D eigenvalue weighted by atomic mass is 32.2. The number of nitro groups is 1. The molecule has 0 atom stereocenters. The number of nitrogens with zero attached hydrogens (tertiary/aromatic N) is 4. The molecule has 2 aromatic carbocycles. The summed E-state index contributed by atoms with van der Waals surface area (Å²) in [6, 6.07) is 15.5. The van der Waals surface area contributed by atoms with Gasteiger partial charge in [0, 0.05) is 30.8 Å². The highest BCUT2D eigenvalue weighted by molar-refractivity contribution is 8.01. The summed E-state index contributed by atoms with van der Waals surface area (Å²) in [6.07, 6.45) is 1.63. The maximum Gasteiger partial charge on any atom is 0.269 e. The number of nitro benzene ring substituents is 1. The predicted molar refractivity (Wildman–Crippen MR) is 136 cm³/mol. The zero-order chi connectivity index (χ0) is 24.2. The van der Waals surface area contributed by atoms with Crippen LogP contribution < -0.4 is 0 Å². The number of amides is 1. The number of benzene rings is 2. The summed E-state index contributed by atoms with van der Waals surface area (Å²) in [7, 11) is 0. The summed E-state index contributed by atoms with van der Waals surface area (Å²) < 4.78 is 12.9. The number of carbonyl (C=O) groups excluding carboxylic acids is 1. The standard InChI is InChI=1S/C24H20N4O5S2/c29-23(27-9-11-32-12-10-27)15-34-24-26-20-7-3-17(13-22(20)35-24)25-14-19-6-8-21(33-19)16-1-4-18(5-2-16)28(30)31/h1-8,13-14H,9-12,15H2. The number of aliphatic imine (C=N–C) groups is 1. The minimum atomic E-state index is -0.434. The van der Waals surface area contributed by atoms with Crippen LogP contribution in [0.15, 0.2) is 68.3 Å². The van der Waals surface area contributed by atoms with Gasteiger partial charge in [0.25, 0.3) is 5.69 Å². The maximum absolute atomic E-state index is 12.4. The summed E-state index contributed by atoms with van der Waals surface area (Å²) in [5, 5.41) is 10.8. The third kappa shape index (κ3) is 5.59. The van der Waals surface area contributed by atoms with E-state index in [1.54, 1.807) is 30.5 Å². The second-order valence-electron chi connectivity index (χ2n) is 7.68. The van der Waals surface area contributed by atoms with Gasteiger partial charge in [-0.25, -0.2) is 4.98 Å². The summed E-state index contributed by atoms with van der Waals surface area (Å²) in [5.41, 5.74) is 2.41. The van der Waals surface area contributed by atoms with Crippen molar-refractivity contribution in [2.24, 2.45) is 4.99 Å². The molecule has 178 valence electrons. The molecule has 0 N–H and O–H groups in total. The fourth-order valence-electron chi connectivity index (χ4n) is 3.52. The Labute approximate surface area is 208 Å². The van der Waals surface area contributed by atoms with Gasteiger partial charge in [0.2, 0.25) is 5.91 Å². The molecule has 3 heterocycles. The van der Waals surface area contributed by atoms with Crippen molar-refractivity contribution in [2.45, 2.75) is 4.34 Å². The molecule has 0 spiro atoms. The van der Waals surface area contributed by atoms with Gasteiger partial charge in [0.05, 0.1) is 46.0 Å². The van der Waals surface area contributed by atoms with Crippen molar-refractivity contribution in [2.75, 3.05) is 32.1 Å². The summed E-state index contributed by atoms with van der Waals surface area (Å²) in [5.74, 6) is 1.64. The molecule has 1 amide bonds. The average molecular weight is 509 g/mol. The Balaban J connectivity index is 1.23. The Morgan fingerprint density at radius 2 is 1.97 bits per heavy atom. The van der Waals surface area contributed by atoms with E-state index in [1.807, 2.05) is 23.1 Å². The first-order valence-corrected chi connectivity index (χ1v) is 12.6. The van der Waals surface area contributed by atoms with Crippen molar-refractivity contribution >= 4 is 56.8 Å². The second-order valence-corrected chi connectivity index (χ2v) is 9.93. The highest BCUT2D eigenvalue weighted by Gasteiger charge is 2.17. The van der Waals surface area contributed by atoms with Gasteiger partial charge < -0.3 is 14.1 Å². The van der Waals surface area contributed by atoms with Crippen LogP contribution in [-0.4, -0.2) is 59.0 Å². The lowest BCUT2D eigenvalue weighted by Gasteiger charge is -2.26. The molecule has 1 aliphatic rings. The molecule has 5 rings (SSSR count). The Kier molecular flexibility index (Phi) is 6.89. The van der Waals surface area contributed by atoms with Crippen LogP contribution in [0.3, 0.4) is 0 Å². The molecule has 0 radical (unpaired) electrons. The zero-order valence-electron chi connectivity index (χ0n) is 18.5.